The second-order valence-electron chi connectivity index (χ2n) is 1.25. The average molecular weight is 93.0 g/mol. The van der Waals surface area contributed by atoms with E-state index in [0.29, 0.717) is 0 Å². The molecular weight excluding hydrogens is 87.0 g/mol. The minimum absolute atomic E-state index is 1.19. The smallest absolute Gasteiger partial charge is 0.230 e. The molecule has 0 spiro atoms. The van der Waals surface area contributed by atoms with Crippen LogP contribution >= 0.6 is 7.37 Å². The minimum atomic E-state index is -2.89. The highest BCUT2D eigenvalue weighted by Gasteiger charge is 1.96. The average Bonchev–Trinajstić information content (AvgIpc) is 0.722. The zero-order chi connectivity index (χ0) is 4.50. The van der Waals surface area contributed by atoms with Gasteiger partial charge in [0.15, 0.2) is 0 Å². The zero-order valence-electron chi connectivity index (χ0n) is 3.26. The van der Waals surface area contributed by atoms with Crippen LogP contribution in [0.1, 0.15) is 0 Å². The topological polar surface area (TPSA) is 37.0 Å². The zero-order valence-corrected chi connectivity index (χ0v) is 4.16. The van der Waals surface area contributed by atoms with Crippen molar-refractivity contribution < 1.29 is 9.46 Å². The number of hydrogen-bond acceptors (Lipinski definition) is 1. The normalized spacial score (nSPS) is 11.8. The van der Waals surface area contributed by atoms with E-state index in [9.17, 15) is 9.46 Å². The van der Waals surface area contributed by atoms with Crippen molar-refractivity contribution in [1.29, 1.82) is 0 Å². The highest BCUT2D eigenvalue weighted by Crippen LogP contribution is 2.29. The molecule has 0 rings (SSSR count). The third-order valence-corrected chi connectivity index (χ3v) is 0. The molecule has 5 heavy (non-hydrogen) atoms. The molecule has 0 fully saturated rings. The van der Waals surface area contributed by atoms with E-state index in [2.05, 4.69) is 0 Å². The first kappa shape index (κ1) is 5.19. The molecule has 0 unspecified atom stereocenters. The van der Waals surface area contributed by atoms with Crippen molar-refractivity contribution in [2.75, 3.05) is 13.3 Å². The van der Waals surface area contributed by atoms with Gasteiger partial charge in [-0.05, 0) is 0 Å². The van der Waals surface area contributed by atoms with Gasteiger partial charge in [-0.3, -0.25) is 4.57 Å². The van der Waals surface area contributed by atoms with E-state index in [1.807, 2.05) is 0 Å². The fraction of sp³-hybridized carbons (Fsp3) is 1.00. The van der Waals surface area contributed by atoms with Gasteiger partial charge in [-0.15, -0.1) is 0 Å². The molecule has 1 radical (unpaired) electrons. The van der Waals surface area contributed by atoms with Crippen LogP contribution in [0.15, 0.2) is 0 Å². The molecule has 0 aromatic rings. The third kappa shape index (κ3) is 557. The first-order valence-corrected chi connectivity index (χ1v) is 3.78. The summed E-state index contributed by atoms with van der Waals surface area (Å²) in [5, 5.41) is 0. The molecular formula is C2H6O2P. The van der Waals surface area contributed by atoms with Gasteiger partial charge in [-0.25, -0.2) is 0 Å². The van der Waals surface area contributed by atoms with Gasteiger partial charge in [0, 0.05) is 13.3 Å². The summed E-state index contributed by atoms with van der Waals surface area (Å²) in [5.74, 6) is 0. The van der Waals surface area contributed by atoms with E-state index >= 15 is 0 Å². The molecule has 0 aromatic heterocycles. The molecule has 0 saturated carbocycles. The third-order valence-electron chi connectivity index (χ3n) is 0. The summed E-state index contributed by atoms with van der Waals surface area (Å²) in [6.45, 7) is 2.38. The van der Waals surface area contributed by atoms with Crippen molar-refractivity contribution in [3.05, 3.63) is 0 Å². The number of rotatable bonds is 0. The van der Waals surface area contributed by atoms with Crippen LogP contribution in [0, 0.1) is 0 Å². The Balaban J connectivity index is 3.47. The lowest BCUT2D eigenvalue weighted by molar-refractivity contribution is 0.422. The van der Waals surface area contributed by atoms with E-state index in [-0.39, 0.29) is 0 Å². The van der Waals surface area contributed by atoms with Crippen molar-refractivity contribution in [3.8, 4) is 0 Å². The summed E-state index contributed by atoms with van der Waals surface area (Å²) in [6, 6.07) is 0. The van der Waals surface area contributed by atoms with Crippen LogP contribution in [0.3, 0.4) is 0 Å². The van der Waals surface area contributed by atoms with E-state index in [1.54, 1.807) is 0 Å². The van der Waals surface area contributed by atoms with E-state index in [4.69, 9.17) is 0 Å². The number of hydrogen-bond donors (Lipinski definition) is 0. The van der Waals surface area contributed by atoms with Gasteiger partial charge in [-0.2, -0.15) is 4.89 Å². The van der Waals surface area contributed by atoms with Gasteiger partial charge in [0.05, 0.1) is 0 Å². The van der Waals surface area contributed by atoms with Crippen LogP contribution in [0.25, 0.3) is 0 Å². The fourth-order valence-corrected chi connectivity index (χ4v) is 0. The van der Waals surface area contributed by atoms with Gasteiger partial charge in [0.2, 0.25) is 7.37 Å². The Kier molecular flexibility index (Phi) is 1.16. The van der Waals surface area contributed by atoms with E-state index in [0.717, 1.165) is 0 Å². The molecule has 0 saturated heterocycles. The minimum Gasteiger partial charge on any atom is -0.291 e. The Bertz CT molecular complexity index is 53.8. The first-order chi connectivity index (χ1) is 2.00. The Morgan fingerprint density at radius 2 is 1.40 bits per heavy atom. The molecule has 3 heteroatoms. The standard InChI is InChI=1S/C2H6O2P/c1-5(2,3)4/h1-2H3. The summed E-state index contributed by atoms with van der Waals surface area (Å²) in [7, 11) is -2.89. The second kappa shape index (κ2) is 1.11. The van der Waals surface area contributed by atoms with Crippen molar-refractivity contribution in [2.24, 2.45) is 0 Å². The van der Waals surface area contributed by atoms with Gasteiger partial charge in [-0.1, -0.05) is 0 Å². The molecule has 0 bridgehead atoms. The van der Waals surface area contributed by atoms with Crippen LogP contribution in [-0.2, 0) is 9.46 Å². The predicted octanol–water partition coefficient (Wildman–Crippen LogP) is 0.955. The van der Waals surface area contributed by atoms with Gasteiger partial charge in [0.25, 0.3) is 0 Å². The van der Waals surface area contributed by atoms with Crippen molar-refractivity contribution in [3.63, 3.8) is 0 Å². The van der Waals surface area contributed by atoms with Crippen LogP contribution in [0.2, 0.25) is 0 Å². The fourth-order valence-electron chi connectivity index (χ4n) is 0. The Morgan fingerprint density at radius 1 is 1.40 bits per heavy atom. The molecule has 31 valence electrons. The van der Waals surface area contributed by atoms with Crippen molar-refractivity contribution in [1.82, 2.24) is 0 Å². The maximum Gasteiger partial charge on any atom is 0.230 e. The summed E-state index contributed by atoms with van der Waals surface area (Å²) >= 11 is 0. The van der Waals surface area contributed by atoms with E-state index < -0.39 is 7.37 Å². The molecule has 2 nitrogen and oxygen atoms in total. The summed E-state index contributed by atoms with van der Waals surface area (Å²) in [4.78, 5) is 9.66. The first-order valence-electron chi connectivity index (χ1n) is 1.26. The van der Waals surface area contributed by atoms with Gasteiger partial charge in [0.1, 0.15) is 0 Å². The van der Waals surface area contributed by atoms with Crippen LogP contribution in [0.5, 0.6) is 0 Å². The lowest BCUT2D eigenvalue weighted by Crippen LogP contribution is -1.59. The lowest BCUT2D eigenvalue weighted by atomic mass is 11.9. The maximum atomic E-state index is 9.66. The van der Waals surface area contributed by atoms with Crippen molar-refractivity contribution in [2.45, 2.75) is 0 Å². The molecule has 0 atom stereocenters. The lowest BCUT2D eigenvalue weighted by Gasteiger charge is -1.81. The summed E-state index contributed by atoms with van der Waals surface area (Å²) in [5.41, 5.74) is 0. The van der Waals surface area contributed by atoms with Crippen LogP contribution < -0.4 is 0 Å². The van der Waals surface area contributed by atoms with Gasteiger partial charge >= 0.3 is 0 Å². The Morgan fingerprint density at radius 3 is 1.40 bits per heavy atom. The highest BCUT2D eigenvalue weighted by molar-refractivity contribution is 7.56. The van der Waals surface area contributed by atoms with Crippen LogP contribution in [0.4, 0.5) is 0 Å². The molecule has 0 aliphatic heterocycles. The van der Waals surface area contributed by atoms with Gasteiger partial charge < -0.3 is 0 Å². The second-order valence-corrected chi connectivity index (χ2v) is 3.76. The highest BCUT2D eigenvalue weighted by atomic mass is 31.2. The molecule has 0 aliphatic rings. The molecule has 0 N–H and O–H groups in total. The maximum absolute atomic E-state index is 9.66. The molecule has 0 aromatic carbocycles. The van der Waals surface area contributed by atoms with Crippen molar-refractivity contribution >= 4 is 7.37 Å². The summed E-state index contributed by atoms with van der Waals surface area (Å²) in [6.07, 6.45) is 0. The largest absolute Gasteiger partial charge is 0.291 e. The van der Waals surface area contributed by atoms with Crippen LogP contribution in [-0.4, -0.2) is 13.3 Å². The summed E-state index contributed by atoms with van der Waals surface area (Å²) < 4.78 is 9.66. The molecule has 0 amide bonds. The predicted molar refractivity (Wildman–Crippen MR) is 20.1 cm³/mol. The monoisotopic (exact) mass is 93.0 g/mol. The Labute approximate surface area is 31.3 Å². The SMILES string of the molecule is CP(C)([O])=O. The molecule has 0 heterocycles. The Hall–Kier alpha value is 0.190. The van der Waals surface area contributed by atoms with E-state index in [1.165, 1.54) is 13.3 Å². The quantitative estimate of drug-likeness (QED) is 0.411. The molecule has 0 aliphatic carbocycles.